The van der Waals surface area contributed by atoms with Crippen LogP contribution in [0, 0.1) is 0 Å². The van der Waals surface area contributed by atoms with E-state index >= 15 is 0 Å². The van der Waals surface area contributed by atoms with Crippen molar-refractivity contribution in [3.8, 4) is 0 Å². The highest BCUT2D eigenvalue weighted by atomic mass is 16.5. The van der Waals surface area contributed by atoms with Crippen LogP contribution in [-0.2, 0) is 17.2 Å². The number of esters is 1. The number of amides is 2. The molecule has 0 fully saturated rings. The van der Waals surface area contributed by atoms with Crippen LogP contribution in [-0.4, -0.2) is 45.1 Å². The third kappa shape index (κ3) is 5.50. The van der Waals surface area contributed by atoms with Crippen LogP contribution >= 0.6 is 0 Å². The highest BCUT2D eigenvalue weighted by molar-refractivity contribution is 5.97. The van der Waals surface area contributed by atoms with Crippen molar-refractivity contribution in [3.05, 3.63) is 95.1 Å². The topological polar surface area (TPSA) is 151 Å². The van der Waals surface area contributed by atoms with E-state index in [2.05, 4.69) is 20.0 Å². The van der Waals surface area contributed by atoms with Crippen molar-refractivity contribution in [1.82, 2.24) is 20.6 Å². The second-order valence-corrected chi connectivity index (χ2v) is 6.65. The number of carbonyl (C=O) groups excluding carboxylic acids is 3. The van der Waals surface area contributed by atoms with Crippen molar-refractivity contribution in [2.45, 2.75) is 12.5 Å². The summed E-state index contributed by atoms with van der Waals surface area (Å²) in [6, 6.07) is 15.5. The maximum Gasteiger partial charge on any atom is 0.337 e. The molecule has 10 heteroatoms. The molecule has 0 bridgehead atoms. The number of aliphatic hydroxyl groups is 2. The first-order valence-electron chi connectivity index (χ1n) is 9.40. The lowest BCUT2D eigenvalue weighted by Crippen LogP contribution is -2.46. The minimum atomic E-state index is -2.76. The molecule has 4 N–H and O–H groups in total. The zero-order chi connectivity index (χ0) is 23.1. The molecule has 0 aliphatic rings. The number of aromatic nitrogens is 2. The van der Waals surface area contributed by atoms with E-state index in [4.69, 9.17) is 0 Å². The largest absolute Gasteiger partial charge is 0.465 e. The second-order valence-electron chi connectivity index (χ2n) is 6.65. The Morgan fingerprint density at radius 3 is 2.19 bits per heavy atom. The molecule has 0 aliphatic carbocycles. The van der Waals surface area contributed by atoms with Gasteiger partial charge in [0.1, 0.15) is 17.7 Å². The molecule has 3 aromatic rings. The minimum Gasteiger partial charge on any atom is -0.465 e. The quantitative estimate of drug-likeness (QED) is 0.312. The SMILES string of the molecule is COC(=O)c1ccc(C(O)(O)NC(=O)c2cc(C(=O)NCc3ccccc3)ncn2)cc1. The van der Waals surface area contributed by atoms with Gasteiger partial charge in [-0.3, -0.25) is 14.9 Å². The number of rotatable bonds is 7. The Hall–Kier alpha value is -4.15. The lowest BCUT2D eigenvalue weighted by atomic mass is 10.1. The Balaban J connectivity index is 1.68. The Morgan fingerprint density at radius 2 is 1.56 bits per heavy atom. The van der Waals surface area contributed by atoms with E-state index in [1.807, 2.05) is 35.6 Å². The fraction of sp³-hybridized carbons (Fsp3) is 0.136. The van der Waals surface area contributed by atoms with Gasteiger partial charge in [0.25, 0.3) is 17.7 Å². The predicted octanol–water partition coefficient (Wildman–Crippen LogP) is 0.718. The zero-order valence-electron chi connectivity index (χ0n) is 17.0. The molecule has 164 valence electrons. The van der Waals surface area contributed by atoms with Crippen molar-refractivity contribution in [1.29, 1.82) is 0 Å². The van der Waals surface area contributed by atoms with E-state index in [0.29, 0.717) is 0 Å². The third-order valence-corrected chi connectivity index (χ3v) is 4.42. The minimum absolute atomic E-state index is 0.0648. The third-order valence-electron chi connectivity index (χ3n) is 4.42. The first-order valence-corrected chi connectivity index (χ1v) is 9.40. The van der Waals surface area contributed by atoms with Crippen LogP contribution in [0.5, 0.6) is 0 Å². The van der Waals surface area contributed by atoms with E-state index < -0.39 is 23.7 Å². The highest BCUT2D eigenvalue weighted by Crippen LogP contribution is 2.17. The van der Waals surface area contributed by atoms with Crippen molar-refractivity contribution in [2.75, 3.05) is 7.11 Å². The molecule has 2 aromatic carbocycles. The van der Waals surface area contributed by atoms with E-state index in [-0.39, 0.29) is 29.1 Å². The molecule has 0 spiro atoms. The second kappa shape index (κ2) is 9.77. The standard InChI is InChI=1S/C22H20N4O6/c1-32-21(29)15-7-9-16(10-8-15)22(30,31)26-20(28)18-11-17(24-13-25-18)19(27)23-12-14-5-3-2-4-6-14/h2-11,13,30-31H,12H2,1H3,(H,23,27)(H,26,28). The predicted molar refractivity (Wildman–Crippen MR) is 111 cm³/mol. The number of methoxy groups -OCH3 is 1. The summed E-state index contributed by atoms with van der Waals surface area (Å²) in [5.74, 6) is -4.83. The van der Waals surface area contributed by atoms with Gasteiger partial charge in [-0.25, -0.2) is 14.8 Å². The number of nitrogens with zero attached hydrogens (tertiary/aromatic N) is 2. The fourth-order valence-corrected chi connectivity index (χ4v) is 2.73. The number of ether oxygens (including phenoxy) is 1. The van der Waals surface area contributed by atoms with Crippen molar-refractivity contribution < 1.29 is 29.3 Å². The highest BCUT2D eigenvalue weighted by Gasteiger charge is 2.30. The lowest BCUT2D eigenvalue weighted by molar-refractivity contribution is -0.185. The van der Waals surface area contributed by atoms with Crippen LogP contribution in [0.25, 0.3) is 0 Å². The number of carbonyl (C=O) groups is 3. The van der Waals surface area contributed by atoms with Gasteiger partial charge in [0, 0.05) is 18.2 Å². The summed E-state index contributed by atoms with van der Waals surface area (Å²) in [5, 5.41) is 25.2. The van der Waals surface area contributed by atoms with E-state index in [9.17, 15) is 24.6 Å². The Kier molecular flexibility index (Phi) is 6.88. The molecular formula is C22H20N4O6. The molecule has 0 aliphatic heterocycles. The number of nitrogens with one attached hydrogen (secondary N) is 2. The number of hydrogen-bond donors (Lipinski definition) is 4. The molecule has 0 saturated carbocycles. The summed E-state index contributed by atoms with van der Waals surface area (Å²) in [4.78, 5) is 43.9. The first-order chi connectivity index (χ1) is 15.3. The molecule has 1 heterocycles. The normalized spacial score (nSPS) is 10.8. The van der Waals surface area contributed by atoms with Gasteiger partial charge < -0.3 is 20.3 Å². The maximum atomic E-state index is 12.5. The van der Waals surface area contributed by atoms with Crippen molar-refractivity contribution in [2.24, 2.45) is 0 Å². The summed E-state index contributed by atoms with van der Waals surface area (Å²) >= 11 is 0. The van der Waals surface area contributed by atoms with Crippen LogP contribution in [0.3, 0.4) is 0 Å². The first kappa shape index (κ1) is 22.5. The molecule has 0 saturated heterocycles. The summed E-state index contributed by atoms with van der Waals surface area (Å²) in [7, 11) is 1.22. The molecular weight excluding hydrogens is 416 g/mol. The van der Waals surface area contributed by atoms with Crippen LogP contribution < -0.4 is 10.6 Å². The van der Waals surface area contributed by atoms with Gasteiger partial charge in [-0.15, -0.1) is 0 Å². The van der Waals surface area contributed by atoms with Gasteiger partial charge in [0.15, 0.2) is 0 Å². The van der Waals surface area contributed by atoms with E-state index in [1.54, 1.807) is 0 Å². The lowest BCUT2D eigenvalue weighted by Gasteiger charge is -2.23. The average molecular weight is 436 g/mol. The van der Waals surface area contributed by atoms with Crippen molar-refractivity contribution >= 4 is 17.8 Å². The molecule has 2 amide bonds. The molecule has 3 rings (SSSR count). The van der Waals surface area contributed by atoms with Crippen LogP contribution in [0.4, 0.5) is 0 Å². The van der Waals surface area contributed by atoms with Crippen LogP contribution in [0.2, 0.25) is 0 Å². The fourth-order valence-electron chi connectivity index (χ4n) is 2.73. The molecule has 0 unspecified atom stereocenters. The van der Waals surface area contributed by atoms with E-state index in [1.165, 1.54) is 31.4 Å². The van der Waals surface area contributed by atoms with Crippen LogP contribution in [0.15, 0.2) is 67.0 Å². The van der Waals surface area contributed by atoms with Gasteiger partial charge >= 0.3 is 5.97 Å². The maximum absolute atomic E-state index is 12.5. The van der Waals surface area contributed by atoms with Crippen LogP contribution in [0.1, 0.15) is 42.5 Å². The average Bonchev–Trinajstić information content (AvgIpc) is 2.82. The van der Waals surface area contributed by atoms with E-state index in [0.717, 1.165) is 18.0 Å². The number of benzene rings is 2. The van der Waals surface area contributed by atoms with Crippen molar-refractivity contribution in [3.63, 3.8) is 0 Å². The smallest absolute Gasteiger partial charge is 0.337 e. The monoisotopic (exact) mass is 436 g/mol. The molecule has 0 atom stereocenters. The zero-order valence-corrected chi connectivity index (χ0v) is 17.0. The summed E-state index contributed by atoms with van der Waals surface area (Å²) in [6.07, 6.45) is 1.02. The van der Waals surface area contributed by atoms with Gasteiger partial charge in [-0.2, -0.15) is 0 Å². The summed E-state index contributed by atoms with van der Waals surface area (Å²) in [6.45, 7) is 0.267. The Bertz CT molecular complexity index is 1120. The number of hydrogen-bond acceptors (Lipinski definition) is 8. The molecule has 1 aromatic heterocycles. The Labute approximate surface area is 182 Å². The van der Waals surface area contributed by atoms with Gasteiger partial charge in [-0.05, 0) is 17.7 Å². The molecule has 32 heavy (non-hydrogen) atoms. The Morgan fingerprint density at radius 1 is 0.938 bits per heavy atom. The van der Waals surface area contributed by atoms with Gasteiger partial charge in [-0.1, -0.05) is 42.5 Å². The summed E-state index contributed by atoms with van der Waals surface area (Å²) < 4.78 is 4.58. The summed E-state index contributed by atoms with van der Waals surface area (Å²) in [5.41, 5.74) is 0.665. The molecule has 0 radical (unpaired) electrons. The molecule has 10 nitrogen and oxygen atoms in total. The van der Waals surface area contributed by atoms with Gasteiger partial charge in [0.2, 0.25) is 0 Å². The van der Waals surface area contributed by atoms with Gasteiger partial charge in [0.05, 0.1) is 12.7 Å².